The molecule has 0 atom stereocenters. The van der Waals surface area contributed by atoms with E-state index in [9.17, 15) is 14.4 Å². The maximum Gasteiger partial charge on any atom is 1.20 e. The highest BCUT2D eigenvalue weighted by molar-refractivity contribution is 6.37. The Balaban J connectivity index is 0. The Kier molecular flexibility index (Phi) is 9.97. The lowest BCUT2D eigenvalue weighted by molar-refractivity contribution is -0.131. The maximum absolute atomic E-state index is 11.3. The van der Waals surface area contributed by atoms with Gasteiger partial charge in [-0.05, 0) is 34.6 Å². The fourth-order valence-corrected chi connectivity index (χ4v) is 2.71. The van der Waals surface area contributed by atoms with Gasteiger partial charge in [0.2, 0.25) is 0 Å². The Morgan fingerprint density at radius 2 is 1.21 bits per heavy atom. The number of ketones is 2. The quantitative estimate of drug-likeness (QED) is 0.207. The average molecular weight is 352 g/mol. The van der Waals surface area contributed by atoms with Gasteiger partial charge in [-0.2, -0.15) is 0 Å². The van der Waals surface area contributed by atoms with Crippen LogP contribution in [-0.2, 0) is 30.5 Å². The van der Waals surface area contributed by atoms with E-state index in [1.165, 1.54) is 32.9 Å². The van der Waals surface area contributed by atoms with Crippen LogP contribution in [0, 0.1) is 12.5 Å². The van der Waals surface area contributed by atoms with Crippen molar-refractivity contribution < 1.29 is 31.9 Å². The molecule has 24 heavy (non-hydrogen) atoms. The van der Waals surface area contributed by atoms with Crippen LogP contribution in [0.25, 0.3) is 0 Å². The Morgan fingerprint density at radius 3 is 1.54 bits per heavy atom. The first-order valence-corrected chi connectivity index (χ1v) is 8.28. The van der Waals surface area contributed by atoms with Crippen LogP contribution in [0.1, 0.15) is 36.0 Å². The average Bonchev–Trinajstić information content (AvgIpc) is 2.35. The Hall–Kier alpha value is -2.48. The zero-order valence-electron chi connectivity index (χ0n) is 14.2. The number of ether oxygens (including phenoxy) is 1. The summed E-state index contributed by atoms with van der Waals surface area (Å²) in [4.78, 5) is 33.4. The van der Waals surface area contributed by atoms with Gasteiger partial charge in [0.25, 0.3) is 0 Å². The van der Waals surface area contributed by atoms with E-state index in [1.807, 2.05) is 0 Å². The first-order valence-electron chi connectivity index (χ1n) is 6.86. The van der Waals surface area contributed by atoms with E-state index >= 15 is 0 Å². The molecule has 8 heteroatoms. The summed E-state index contributed by atoms with van der Waals surface area (Å²) in [5.74, 6) is -0.474. The molecule has 0 heterocycles. The fourth-order valence-electron chi connectivity index (χ4n) is 1.46. The molecule has 130 valence electrons. The molecule has 0 spiro atoms. The van der Waals surface area contributed by atoms with Gasteiger partial charge >= 0.3 is 21.1 Å². The van der Waals surface area contributed by atoms with Crippen LogP contribution >= 0.6 is 0 Å². The minimum Gasteiger partial charge on any atom is -0.580 e. The predicted molar refractivity (Wildman–Crippen MR) is 88.7 cm³/mol. The number of carbonyl (C=O) groups is 3. The molecule has 0 N–H and O–H groups in total. The van der Waals surface area contributed by atoms with E-state index in [2.05, 4.69) is 4.74 Å². The van der Waals surface area contributed by atoms with Crippen molar-refractivity contribution in [1.82, 2.24) is 0 Å². The number of hydrogen-bond acceptors (Lipinski definition) is 7. The van der Waals surface area contributed by atoms with E-state index in [1.54, 1.807) is 20.0 Å². The van der Waals surface area contributed by atoms with Crippen molar-refractivity contribution >= 4 is 32.7 Å². The van der Waals surface area contributed by atoms with Crippen LogP contribution in [0.5, 0.6) is 0 Å². The zero-order valence-corrected chi connectivity index (χ0v) is 15.4. The highest BCUT2D eigenvalue weighted by Crippen LogP contribution is 2.11. The monoisotopic (exact) mass is 352 g/mol. The van der Waals surface area contributed by atoms with Crippen LogP contribution in [0.15, 0.2) is 35.5 Å². The Morgan fingerprint density at radius 1 is 0.833 bits per heavy atom. The summed E-state index contributed by atoms with van der Waals surface area (Å²) in [6, 6.07) is 0. The fraction of sp³-hybridized carbons (Fsp3) is 0.312. The number of allylic oxidation sites excluding steroid dienone is 5. The van der Waals surface area contributed by atoms with Crippen molar-refractivity contribution in [2.75, 3.05) is 0 Å². The highest BCUT2D eigenvalue weighted by Gasteiger charge is 2.44. The molecular formula is C16H21AlO7. The smallest absolute Gasteiger partial charge is 0.580 e. The second kappa shape index (κ2) is 11.1. The molecule has 0 rings (SSSR count). The van der Waals surface area contributed by atoms with E-state index in [0.717, 1.165) is 6.08 Å². The summed E-state index contributed by atoms with van der Waals surface area (Å²) in [7, 11) is 0. The summed E-state index contributed by atoms with van der Waals surface area (Å²) in [5.41, 5.74) is 0. The molecule has 0 aromatic rings. The molecule has 0 fully saturated rings. The lowest BCUT2D eigenvalue weighted by atomic mass is 10.4. The lowest BCUT2D eigenvalue weighted by Gasteiger charge is -2.16. The third kappa shape index (κ3) is 11.1. The third-order valence-corrected chi connectivity index (χ3v) is 3.83. The minimum absolute atomic E-state index is 0. The molecule has 0 unspecified atom stereocenters. The van der Waals surface area contributed by atoms with Crippen molar-refractivity contribution in [3.63, 3.8) is 0 Å². The number of rotatable bonds is 9. The Labute approximate surface area is 147 Å². The molecule has 0 saturated carbocycles. The SMILES string of the molecule is C#COC(=O)C=C(C)[O][Al]([O]C(C)=CC(C)=O)[O]C(C)=CC(C)=O.[HH]. The van der Waals surface area contributed by atoms with Crippen molar-refractivity contribution in [3.8, 4) is 12.5 Å². The van der Waals surface area contributed by atoms with E-state index in [4.69, 9.17) is 17.8 Å². The molecule has 0 aliphatic carbocycles. The third-order valence-electron chi connectivity index (χ3n) is 2.14. The largest absolute Gasteiger partial charge is 1.20 e. The van der Waals surface area contributed by atoms with Gasteiger partial charge in [-0.15, -0.1) is 0 Å². The zero-order chi connectivity index (χ0) is 18.7. The second-order valence-electron chi connectivity index (χ2n) is 4.67. The number of carbonyl (C=O) groups excluding carboxylic acids is 3. The van der Waals surface area contributed by atoms with Crippen molar-refractivity contribution in [1.29, 1.82) is 0 Å². The van der Waals surface area contributed by atoms with E-state index in [-0.39, 0.29) is 30.3 Å². The van der Waals surface area contributed by atoms with Crippen molar-refractivity contribution in [3.05, 3.63) is 35.5 Å². The van der Waals surface area contributed by atoms with Crippen molar-refractivity contribution in [2.24, 2.45) is 0 Å². The molecule has 0 aliphatic rings. The van der Waals surface area contributed by atoms with Gasteiger partial charge in [-0.3, -0.25) is 9.59 Å². The maximum atomic E-state index is 11.3. The van der Waals surface area contributed by atoms with Gasteiger partial charge < -0.3 is 16.1 Å². The highest BCUT2D eigenvalue weighted by atomic mass is 27.3. The number of hydrogen-bond donors (Lipinski definition) is 0. The van der Waals surface area contributed by atoms with Crippen LogP contribution in [0.4, 0.5) is 0 Å². The molecule has 0 saturated heterocycles. The summed E-state index contributed by atoms with van der Waals surface area (Å²) >= 11 is -2.87. The molecular weight excluding hydrogens is 331 g/mol. The van der Waals surface area contributed by atoms with Crippen molar-refractivity contribution in [2.45, 2.75) is 34.6 Å². The molecule has 7 nitrogen and oxygen atoms in total. The summed E-state index contributed by atoms with van der Waals surface area (Å²) in [5, 5.41) is 0. The van der Waals surface area contributed by atoms with Gasteiger partial charge in [0.05, 0.1) is 23.4 Å². The van der Waals surface area contributed by atoms with Crippen LogP contribution in [0.2, 0.25) is 0 Å². The summed E-state index contributed by atoms with van der Waals surface area (Å²) in [6.45, 7) is 7.34. The molecule has 0 aromatic heterocycles. The normalized spacial score (nSPS) is 11.9. The van der Waals surface area contributed by atoms with E-state index in [0.29, 0.717) is 0 Å². The standard InChI is InChI=1S/C6H6O3.2C5H8O2.Al.H2/c1-3-9-6(8)4-5(2)7;2*1-4(6)3-5(2)7;;/h1,4,7H,2H3;2*3,6H,1-2H3;;1H/q;;;+3;/p-3. The lowest BCUT2D eigenvalue weighted by Crippen LogP contribution is -2.26. The Bertz CT molecular complexity index is 597. The van der Waals surface area contributed by atoms with Gasteiger partial charge in [-0.1, -0.05) is 6.42 Å². The van der Waals surface area contributed by atoms with Crippen LogP contribution in [0.3, 0.4) is 0 Å². The van der Waals surface area contributed by atoms with Gasteiger partial charge in [-0.25, -0.2) is 4.79 Å². The van der Waals surface area contributed by atoms with E-state index < -0.39 is 21.1 Å². The van der Waals surface area contributed by atoms with Crippen LogP contribution < -0.4 is 0 Å². The predicted octanol–water partition coefficient (Wildman–Crippen LogP) is 2.29. The number of terminal acetylenes is 1. The van der Waals surface area contributed by atoms with Gasteiger partial charge in [0.1, 0.15) is 6.11 Å². The van der Waals surface area contributed by atoms with Gasteiger partial charge in [0, 0.05) is 13.6 Å². The number of esters is 1. The topological polar surface area (TPSA) is 88.1 Å². The molecule has 0 radical (unpaired) electrons. The summed E-state index contributed by atoms with van der Waals surface area (Å²) in [6.07, 6.45) is 10.1. The molecule has 0 bridgehead atoms. The molecule has 0 aliphatic heterocycles. The summed E-state index contributed by atoms with van der Waals surface area (Å²) < 4.78 is 20.7. The minimum atomic E-state index is -2.87. The molecule has 0 aromatic carbocycles. The first kappa shape index (κ1) is 21.5. The first-order chi connectivity index (χ1) is 11.1. The second-order valence-corrected chi connectivity index (χ2v) is 5.95. The molecule has 0 amide bonds. The van der Waals surface area contributed by atoms with Crippen LogP contribution in [-0.4, -0.2) is 32.7 Å². The van der Waals surface area contributed by atoms with Gasteiger partial charge in [0.15, 0.2) is 11.6 Å².